The molecule has 1 N–H and O–H groups in total. The molecule has 3 nitrogen and oxygen atoms in total. The molecule has 4 heteroatoms. The third-order valence-electron chi connectivity index (χ3n) is 3.58. The Morgan fingerprint density at radius 1 is 1.56 bits per heavy atom. The van der Waals surface area contributed by atoms with Crippen molar-refractivity contribution in [3.05, 3.63) is 29.6 Å². The van der Waals surface area contributed by atoms with Crippen molar-refractivity contribution in [3.63, 3.8) is 0 Å². The van der Waals surface area contributed by atoms with E-state index in [0.29, 0.717) is 17.7 Å². The Morgan fingerprint density at radius 2 is 2.39 bits per heavy atom. The van der Waals surface area contributed by atoms with Crippen molar-refractivity contribution >= 4 is 0 Å². The molecule has 1 aromatic carbocycles. The fraction of sp³-hybridized carbons (Fsp3) is 0.571. The summed E-state index contributed by atoms with van der Waals surface area (Å²) in [6.45, 7) is 1.63. The standard InChI is InChI=1S/C14H20FNO2/c1-16-13(11-5-6-18-9-11)8-10-3-4-14(17-2)12(15)7-10/h3-4,7,11,13,16H,5-6,8-9H2,1-2H3. The normalized spacial score (nSPS) is 20.9. The zero-order valence-corrected chi connectivity index (χ0v) is 10.9. The van der Waals surface area contributed by atoms with Gasteiger partial charge in [0.05, 0.1) is 13.7 Å². The number of likely N-dealkylation sites (N-methyl/N-ethyl adjacent to an activating group) is 1. The van der Waals surface area contributed by atoms with E-state index >= 15 is 0 Å². The average Bonchev–Trinajstić information content (AvgIpc) is 2.90. The van der Waals surface area contributed by atoms with Gasteiger partial charge in [0, 0.05) is 18.6 Å². The summed E-state index contributed by atoms with van der Waals surface area (Å²) in [6, 6.07) is 5.49. The van der Waals surface area contributed by atoms with Crippen LogP contribution < -0.4 is 10.1 Å². The lowest BCUT2D eigenvalue weighted by Gasteiger charge is -2.22. The number of hydrogen-bond donors (Lipinski definition) is 1. The summed E-state index contributed by atoms with van der Waals surface area (Å²) in [5.74, 6) is 0.511. The molecule has 100 valence electrons. The van der Waals surface area contributed by atoms with Crippen LogP contribution in [0.5, 0.6) is 5.75 Å². The molecule has 1 aromatic rings. The topological polar surface area (TPSA) is 30.5 Å². The monoisotopic (exact) mass is 253 g/mol. The number of benzene rings is 1. The quantitative estimate of drug-likeness (QED) is 0.870. The van der Waals surface area contributed by atoms with Gasteiger partial charge in [-0.15, -0.1) is 0 Å². The van der Waals surface area contributed by atoms with E-state index in [1.165, 1.54) is 7.11 Å². The number of methoxy groups -OCH3 is 1. The molecule has 1 aliphatic rings. The van der Waals surface area contributed by atoms with Crippen molar-refractivity contribution in [3.8, 4) is 5.75 Å². The van der Waals surface area contributed by atoms with Crippen LogP contribution in [-0.2, 0) is 11.2 Å². The molecule has 0 aliphatic carbocycles. The van der Waals surface area contributed by atoms with Crippen LogP contribution in [0, 0.1) is 11.7 Å². The molecule has 1 fully saturated rings. The van der Waals surface area contributed by atoms with Crippen LogP contribution in [0.4, 0.5) is 4.39 Å². The summed E-state index contributed by atoms with van der Waals surface area (Å²) in [5.41, 5.74) is 0.986. The van der Waals surface area contributed by atoms with Gasteiger partial charge in [0.2, 0.25) is 0 Å². The summed E-state index contributed by atoms with van der Waals surface area (Å²) >= 11 is 0. The Labute approximate surface area is 107 Å². The molecular weight excluding hydrogens is 233 g/mol. The van der Waals surface area contributed by atoms with Crippen LogP contribution in [0.1, 0.15) is 12.0 Å². The number of rotatable bonds is 5. The van der Waals surface area contributed by atoms with E-state index in [9.17, 15) is 4.39 Å². The highest BCUT2D eigenvalue weighted by molar-refractivity contribution is 5.29. The van der Waals surface area contributed by atoms with Crippen LogP contribution in [0.2, 0.25) is 0 Å². The minimum Gasteiger partial charge on any atom is -0.494 e. The first kappa shape index (κ1) is 13.3. The predicted octanol–water partition coefficient (Wildman–Crippen LogP) is 2.00. The van der Waals surface area contributed by atoms with Gasteiger partial charge in [0.25, 0.3) is 0 Å². The van der Waals surface area contributed by atoms with E-state index in [2.05, 4.69) is 5.32 Å². The van der Waals surface area contributed by atoms with Gasteiger partial charge < -0.3 is 14.8 Å². The molecular formula is C14H20FNO2. The Morgan fingerprint density at radius 3 is 2.94 bits per heavy atom. The van der Waals surface area contributed by atoms with E-state index < -0.39 is 0 Å². The average molecular weight is 253 g/mol. The molecule has 0 bridgehead atoms. The predicted molar refractivity (Wildman–Crippen MR) is 68.4 cm³/mol. The largest absolute Gasteiger partial charge is 0.494 e. The van der Waals surface area contributed by atoms with Crippen molar-refractivity contribution in [2.24, 2.45) is 5.92 Å². The highest BCUT2D eigenvalue weighted by atomic mass is 19.1. The summed E-state index contributed by atoms with van der Waals surface area (Å²) in [7, 11) is 3.42. The minimum atomic E-state index is -0.299. The van der Waals surface area contributed by atoms with Gasteiger partial charge in [-0.25, -0.2) is 4.39 Å². The van der Waals surface area contributed by atoms with Crippen molar-refractivity contribution in [1.29, 1.82) is 0 Å². The van der Waals surface area contributed by atoms with Gasteiger partial charge in [0.1, 0.15) is 0 Å². The van der Waals surface area contributed by atoms with Crippen molar-refractivity contribution in [1.82, 2.24) is 5.32 Å². The second-order valence-corrected chi connectivity index (χ2v) is 4.69. The van der Waals surface area contributed by atoms with E-state index in [-0.39, 0.29) is 5.82 Å². The maximum atomic E-state index is 13.6. The van der Waals surface area contributed by atoms with Crippen LogP contribution >= 0.6 is 0 Å². The highest BCUT2D eigenvalue weighted by Crippen LogP contribution is 2.22. The molecule has 2 unspecified atom stereocenters. The Balaban J connectivity index is 2.04. The van der Waals surface area contributed by atoms with Crippen molar-refractivity contribution < 1.29 is 13.9 Å². The van der Waals surface area contributed by atoms with Gasteiger partial charge in [-0.2, -0.15) is 0 Å². The zero-order valence-electron chi connectivity index (χ0n) is 10.9. The van der Waals surface area contributed by atoms with Gasteiger partial charge in [-0.1, -0.05) is 6.07 Å². The number of ether oxygens (including phenoxy) is 2. The first-order valence-corrected chi connectivity index (χ1v) is 6.32. The molecule has 1 heterocycles. The van der Waals surface area contributed by atoms with E-state index in [1.54, 1.807) is 12.1 Å². The smallest absolute Gasteiger partial charge is 0.165 e. The Hall–Kier alpha value is -1.13. The van der Waals surface area contributed by atoms with Gasteiger partial charge in [-0.05, 0) is 37.6 Å². The summed E-state index contributed by atoms with van der Waals surface area (Å²) in [4.78, 5) is 0. The molecule has 1 aliphatic heterocycles. The summed E-state index contributed by atoms with van der Waals surface area (Å²) < 4.78 is 23.9. The zero-order chi connectivity index (χ0) is 13.0. The lowest BCUT2D eigenvalue weighted by molar-refractivity contribution is 0.177. The number of hydrogen-bond acceptors (Lipinski definition) is 3. The summed E-state index contributed by atoms with van der Waals surface area (Å²) in [6.07, 6.45) is 1.88. The molecule has 0 spiro atoms. The maximum absolute atomic E-state index is 13.6. The van der Waals surface area contributed by atoms with Crippen molar-refractivity contribution in [2.45, 2.75) is 18.9 Å². The van der Waals surface area contributed by atoms with Crippen molar-refractivity contribution in [2.75, 3.05) is 27.4 Å². The second-order valence-electron chi connectivity index (χ2n) is 4.69. The maximum Gasteiger partial charge on any atom is 0.165 e. The van der Waals surface area contributed by atoms with Gasteiger partial charge in [-0.3, -0.25) is 0 Å². The molecule has 0 aromatic heterocycles. The van der Waals surface area contributed by atoms with Gasteiger partial charge >= 0.3 is 0 Å². The van der Waals surface area contributed by atoms with Crippen LogP contribution in [-0.4, -0.2) is 33.4 Å². The minimum absolute atomic E-state index is 0.295. The number of nitrogens with one attached hydrogen (secondary N) is 1. The highest BCUT2D eigenvalue weighted by Gasteiger charge is 2.24. The lowest BCUT2D eigenvalue weighted by Crippen LogP contribution is -2.35. The molecule has 0 radical (unpaired) electrons. The molecule has 2 atom stereocenters. The number of halogens is 1. The summed E-state index contributed by atoms with van der Waals surface area (Å²) in [5, 5.41) is 3.31. The first-order chi connectivity index (χ1) is 8.74. The fourth-order valence-corrected chi connectivity index (χ4v) is 2.47. The van der Waals surface area contributed by atoms with Gasteiger partial charge in [0.15, 0.2) is 11.6 Å². The molecule has 0 saturated carbocycles. The van der Waals surface area contributed by atoms with Crippen LogP contribution in [0.15, 0.2) is 18.2 Å². The van der Waals surface area contributed by atoms with E-state index in [0.717, 1.165) is 31.6 Å². The van der Waals surface area contributed by atoms with E-state index in [4.69, 9.17) is 9.47 Å². The third kappa shape index (κ3) is 3.00. The fourth-order valence-electron chi connectivity index (χ4n) is 2.47. The molecule has 18 heavy (non-hydrogen) atoms. The Bertz CT molecular complexity index is 391. The molecule has 2 rings (SSSR count). The first-order valence-electron chi connectivity index (χ1n) is 6.32. The van der Waals surface area contributed by atoms with Crippen LogP contribution in [0.3, 0.4) is 0 Å². The SMILES string of the molecule is CNC(Cc1ccc(OC)c(F)c1)C1CCOC1. The Kier molecular flexibility index (Phi) is 4.55. The molecule has 1 saturated heterocycles. The van der Waals surface area contributed by atoms with Crippen LogP contribution in [0.25, 0.3) is 0 Å². The van der Waals surface area contributed by atoms with E-state index in [1.807, 2.05) is 13.1 Å². The lowest BCUT2D eigenvalue weighted by atomic mass is 9.93. The third-order valence-corrected chi connectivity index (χ3v) is 3.58. The second kappa shape index (κ2) is 6.16. The molecule has 0 amide bonds.